The maximum Gasteiger partial charge on any atom is 0.338 e. The van der Waals surface area contributed by atoms with Gasteiger partial charge in [-0.05, 0) is 49.6 Å². The predicted molar refractivity (Wildman–Crippen MR) is 108 cm³/mol. The summed E-state index contributed by atoms with van der Waals surface area (Å²) in [6.07, 6.45) is 5.39. The van der Waals surface area contributed by atoms with E-state index in [1.807, 2.05) is 0 Å². The van der Waals surface area contributed by atoms with Gasteiger partial charge >= 0.3 is 5.97 Å². The van der Waals surface area contributed by atoms with E-state index in [0.717, 1.165) is 24.8 Å². The second-order valence-electron chi connectivity index (χ2n) is 7.34. The van der Waals surface area contributed by atoms with E-state index >= 15 is 0 Å². The Kier molecular flexibility index (Phi) is 6.52. The van der Waals surface area contributed by atoms with Crippen LogP contribution >= 0.6 is 0 Å². The molecule has 8 nitrogen and oxygen atoms in total. The van der Waals surface area contributed by atoms with Gasteiger partial charge in [0.25, 0.3) is 11.8 Å². The Labute approximate surface area is 174 Å². The zero-order chi connectivity index (χ0) is 21.6. The molecule has 2 amide bonds. The van der Waals surface area contributed by atoms with Gasteiger partial charge in [0, 0.05) is 5.69 Å². The summed E-state index contributed by atoms with van der Waals surface area (Å²) in [6.45, 7) is 1.30. The molecule has 0 aliphatic heterocycles. The van der Waals surface area contributed by atoms with E-state index < -0.39 is 29.9 Å². The van der Waals surface area contributed by atoms with Gasteiger partial charge in [0.1, 0.15) is 5.54 Å². The van der Waals surface area contributed by atoms with Crippen LogP contribution in [0.5, 0.6) is 0 Å². The van der Waals surface area contributed by atoms with Gasteiger partial charge < -0.3 is 19.8 Å². The van der Waals surface area contributed by atoms with E-state index in [-0.39, 0.29) is 11.3 Å². The maximum atomic E-state index is 12.4. The summed E-state index contributed by atoms with van der Waals surface area (Å²) in [4.78, 5) is 36.7. The highest BCUT2D eigenvalue weighted by Crippen LogP contribution is 2.27. The fourth-order valence-electron chi connectivity index (χ4n) is 3.41. The predicted octanol–water partition coefficient (Wildman–Crippen LogP) is 3.34. The summed E-state index contributed by atoms with van der Waals surface area (Å²) in [6, 6.07) is 10.0. The van der Waals surface area contributed by atoms with Crippen LogP contribution in [0.3, 0.4) is 0 Å². The number of amides is 2. The quantitative estimate of drug-likeness (QED) is 0.706. The van der Waals surface area contributed by atoms with Crippen LogP contribution in [0.2, 0.25) is 0 Å². The number of nitrogens with one attached hydrogen (secondary N) is 2. The maximum absolute atomic E-state index is 12.4. The van der Waals surface area contributed by atoms with Gasteiger partial charge in [-0.1, -0.05) is 25.3 Å². The molecule has 156 valence electrons. The molecule has 2 N–H and O–H groups in total. The van der Waals surface area contributed by atoms with Gasteiger partial charge in [0.05, 0.1) is 17.9 Å². The molecule has 1 aromatic carbocycles. The minimum Gasteiger partial charge on any atom is -0.459 e. The second-order valence-corrected chi connectivity index (χ2v) is 7.34. The number of hydrogen-bond acceptors (Lipinski definition) is 6. The van der Waals surface area contributed by atoms with Crippen molar-refractivity contribution >= 4 is 23.5 Å². The Bertz CT molecular complexity index is 969. The minimum absolute atomic E-state index is 0.146. The van der Waals surface area contributed by atoms with Crippen molar-refractivity contribution in [3.8, 4) is 6.07 Å². The van der Waals surface area contributed by atoms with E-state index in [2.05, 4.69) is 16.7 Å². The van der Waals surface area contributed by atoms with Gasteiger partial charge in [-0.25, -0.2) is 4.79 Å². The standard InChI is InChI=1S/C22H23N3O5/c1-15-7-8-16(12-17(15)24-20(27)18-6-5-11-29-18)21(28)30-13-19(26)25-22(14-23)9-3-2-4-10-22/h5-8,11-12H,2-4,9-10,13H2,1H3,(H,24,27)(H,25,26). The van der Waals surface area contributed by atoms with Gasteiger partial charge in [0.2, 0.25) is 0 Å². The first-order valence-corrected chi connectivity index (χ1v) is 9.77. The van der Waals surface area contributed by atoms with Crippen molar-refractivity contribution < 1.29 is 23.5 Å². The number of aryl methyl sites for hydroxylation is 1. The number of benzene rings is 1. The normalized spacial score (nSPS) is 14.9. The van der Waals surface area contributed by atoms with E-state index in [4.69, 9.17) is 9.15 Å². The van der Waals surface area contributed by atoms with E-state index in [1.54, 1.807) is 25.1 Å². The molecule has 1 saturated carbocycles. The topological polar surface area (TPSA) is 121 Å². The van der Waals surface area contributed by atoms with Crippen LogP contribution in [0.4, 0.5) is 5.69 Å². The van der Waals surface area contributed by atoms with Crippen molar-refractivity contribution in [2.45, 2.75) is 44.6 Å². The number of anilines is 1. The van der Waals surface area contributed by atoms with Gasteiger partial charge in [-0.3, -0.25) is 9.59 Å². The molecule has 1 aliphatic rings. The number of esters is 1. The number of carbonyl (C=O) groups excluding carboxylic acids is 3. The van der Waals surface area contributed by atoms with Crippen LogP contribution in [0.25, 0.3) is 0 Å². The van der Waals surface area contributed by atoms with Crippen LogP contribution in [0.1, 0.15) is 58.6 Å². The molecular weight excluding hydrogens is 386 g/mol. The van der Waals surface area contributed by atoms with Gasteiger partial charge in [-0.15, -0.1) is 0 Å². The van der Waals surface area contributed by atoms with Crippen molar-refractivity contribution in [3.63, 3.8) is 0 Å². The fourth-order valence-corrected chi connectivity index (χ4v) is 3.41. The first kappa shape index (κ1) is 21.1. The van der Waals surface area contributed by atoms with E-state index in [0.29, 0.717) is 18.5 Å². The van der Waals surface area contributed by atoms with Crippen molar-refractivity contribution in [2.75, 3.05) is 11.9 Å². The molecule has 3 rings (SSSR count). The lowest BCUT2D eigenvalue weighted by Gasteiger charge is -2.31. The third-order valence-electron chi connectivity index (χ3n) is 5.10. The highest BCUT2D eigenvalue weighted by Gasteiger charge is 2.33. The van der Waals surface area contributed by atoms with Crippen LogP contribution in [-0.4, -0.2) is 29.9 Å². The molecule has 0 radical (unpaired) electrons. The second kappa shape index (κ2) is 9.27. The fraction of sp³-hybridized carbons (Fsp3) is 0.364. The SMILES string of the molecule is Cc1ccc(C(=O)OCC(=O)NC2(C#N)CCCCC2)cc1NC(=O)c1ccco1. The molecule has 0 atom stereocenters. The van der Waals surface area contributed by atoms with Crippen LogP contribution in [-0.2, 0) is 9.53 Å². The molecule has 0 unspecified atom stereocenters. The molecule has 1 heterocycles. The van der Waals surface area contributed by atoms with Crippen LogP contribution in [0.15, 0.2) is 41.0 Å². The Hall–Kier alpha value is -3.60. The summed E-state index contributed by atoms with van der Waals surface area (Å²) in [5.74, 6) is -1.51. The number of nitrogens with zero attached hydrogens (tertiary/aromatic N) is 1. The van der Waals surface area contributed by atoms with E-state index in [1.165, 1.54) is 18.4 Å². The molecule has 1 aromatic heterocycles. The third-order valence-corrected chi connectivity index (χ3v) is 5.10. The summed E-state index contributed by atoms with van der Waals surface area (Å²) in [5, 5.41) is 14.8. The number of hydrogen-bond donors (Lipinski definition) is 2. The molecule has 0 spiro atoms. The first-order valence-electron chi connectivity index (χ1n) is 9.77. The van der Waals surface area contributed by atoms with Crippen LogP contribution in [0, 0.1) is 18.3 Å². The third kappa shape index (κ3) is 5.06. The molecule has 1 fully saturated rings. The molecule has 1 aliphatic carbocycles. The summed E-state index contributed by atoms with van der Waals surface area (Å²) in [5.41, 5.74) is 0.490. The number of ether oxygens (including phenoxy) is 1. The highest BCUT2D eigenvalue weighted by molar-refractivity contribution is 6.03. The summed E-state index contributed by atoms with van der Waals surface area (Å²) < 4.78 is 10.2. The number of furan rings is 1. The summed E-state index contributed by atoms with van der Waals surface area (Å²) in [7, 11) is 0. The van der Waals surface area contributed by atoms with Crippen molar-refractivity contribution in [1.82, 2.24) is 5.32 Å². The molecule has 30 heavy (non-hydrogen) atoms. The molecule has 0 saturated heterocycles. The average molecular weight is 409 g/mol. The molecular formula is C22H23N3O5. The summed E-state index contributed by atoms with van der Waals surface area (Å²) >= 11 is 0. The Balaban J connectivity index is 1.59. The lowest BCUT2D eigenvalue weighted by molar-refractivity contribution is -0.125. The number of carbonyl (C=O) groups is 3. The average Bonchev–Trinajstić information content (AvgIpc) is 3.29. The van der Waals surface area contributed by atoms with Gasteiger partial charge in [0.15, 0.2) is 12.4 Å². The minimum atomic E-state index is -0.880. The Morgan fingerprint density at radius 3 is 2.63 bits per heavy atom. The molecule has 2 aromatic rings. The van der Waals surface area contributed by atoms with E-state index in [9.17, 15) is 19.6 Å². The number of nitriles is 1. The molecule has 0 bridgehead atoms. The lowest BCUT2D eigenvalue weighted by atomic mass is 9.83. The smallest absolute Gasteiger partial charge is 0.338 e. The zero-order valence-electron chi connectivity index (χ0n) is 16.7. The van der Waals surface area contributed by atoms with Crippen molar-refractivity contribution in [2.24, 2.45) is 0 Å². The largest absolute Gasteiger partial charge is 0.459 e. The Morgan fingerprint density at radius 2 is 1.97 bits per heavy atom. The lowest BCUT2D eigenvalue weighted by Crippen LogP contribution is -2.50. The molecule has 8 heteroatoms. The zero-order valence-corrected chi connectivity index (χ0v) is 16.7. The Morgan fingerprint density at radius 1 is 1.20 bits per heavy atom. The van der Waals surface area contributed by atoms with Crippen LogP contribution < -0.4 is 10.6 Å². The first-order chi connectivity index (χ1) is 14.4. The number of rotatable bonds is 6. The van der Waals surface area contributed by atoms with Crippen molar-refractivity contribution in [1.29, 1.82) is 5.26 Å². The monoisotopic (exact) mass is 409 g/mol. The van der Waals surface area contributed by atoms with Crippen molar-refractivity contribution in [3.05, 3.63) is 53.5 Å². The highest BCUT2D eigenvalue weighted by atomic mass is 16.5. The van der Waals surface area contributed by atoms with Gasteiger partial charge in [-0.2, -0.15) is 5.26 Å².